The standard InChI is InChI=1S/C37H43N2O2.ClH/c1-2-3-4-5-6-7-19-28-41-30-38-34-26-17-18-27-35(34)39(33-24-15-10-16-25-33)36(38)29-37(40,31-20-11-8-12-21-31)32-22-13-9-14-23-32;/h8-18,20-27,40H,2-7,19,28-30H2,1H3;1H/q+1;/p-1. The fourth-order valence-corrected chi connectivity index (χ4v) is 5.81. The summed E-state index contributed by atoms with van der Waals surface area (Å²) < 4.78 is 10.9. The largest absolute Gasteiger partial charge is 1.00 e. The molecule has 220 valence electrons. The molecule has 0 spiro atoms. The molecule has 0 radical (unpaired) electrons. The van der Waals surface area contributed by atoms with E-state index in [1.807, 2.05) is 66.7 Å². The number of benzene rings is 4. The number of hydrogen-bond donors (Lipinski definition) is 1. The molecular formula is C37H43ClN2O2. The minimum absolute atomic E-state index is 0. The first-order valence-electron chi connectivity index (χ1n) is 15.2. The molecule has 1 N–H and O–H groups in total. The summed E-state index contributed by atoms with van der Waals surface area (Å²) in [5, 5.41) is 12.6. The zero-order valence-electron chi connectivity index (χ0n) is 24.7. The van der Waals surface area contributed by atoms with Crippen molar-refractivity contribution in [2.24, 2.45) is 0 Å². The summed E-state index contributed by atoms with van der Waals surface area (Å²) in [5.41, 5.74) is 3.75. The van der Waals surface area contributed by atoms with Crippen molar-refractivity contribution >= 4 is 11.0 Å². The van der Waals surface area contributed by atoms with E-state index in [1.54, 1.807) is 0 Å². The zero-order valence-corrected chi connectivity index (χ0v) is 25.4. The summed E-state index contributed by atoms with van der Waals surface area (Å²) in [6.45, 7) is 3.42. The molecule has 1 heterocycles. The minimum atomic E-state index is -1.23. The summed E-state index contributed by atoms with van der Waals surface area (Å²) in [7, 11) is 0. The molecule has 0 saturated carbocycles. The van der Waals surface area contributed by atoms with Gasteiger partial charge in [0, 0.05) is 0 Å². The monoisotopic (exact) mass is 582 g/mol. The highest BCUT2D eigenvalue weighted by Crippen LogP contribution is 2.34. The highest BCUT2D eigenvalue weighted by Gasteiger charge is 2.39. The second-order valence-electron chi connectivity index (χ2n) is 10.9. The van der Waals surface area contributed by atoms with Crippen molar-refractivity contribution < 1.29 is 26.8 Å². The molecule has 5 rings (SSSR count). The fourth-order valence-electron chi connectivity index (χ4n) is 5.81. The van der Waals surface area contributed by atoms with E-state index >= 15 is 0 Å². The van der Waals surface area contributed by atoms with Gasteiger partial charge in [0.2, 0.25) is 0 Å². The van der Waals surface area contributed by atoms with E-state index in [0.29, 0.717) is 13.2 Å². The van der Waals surface area contributed by atoms with Crippen molar-refractivity contribution in [1.82, 2.24) is 4.57 Å². The van der Waals surface area contributed by atoms with Gasteiger partial charge in [-0.2, -0.15) is 4.57 Å². The van der Waals surface area contributed by atoms with Gasteiger partial charge >= 0.3 is 0 Å². The van der Waals surface area contributed by atoms with Crippen molar-refractivity contribution in [3.63, 3.8) is 0 Å². The molecule has 5 aromatic rings. The van der Waals surface area contributed by atoms with Gasteiger partial charge in [-0.3, -0.25) is 0 Å². The van der Waals surface area contributed by atoms with E-state index in [1.165, 1.54) is 38.5 Å². The summed E-state index contributed by atoms with van der Waals surface area (Å²) in [4.78, 5) is 0. The Hall–Kier alpha value is -3.44. The van der Waals surface area contributed by atoms with Crippen LogP contribution in [0.1, 0.15) is 68.8 Å². The highest BCUT2D eigenvalue weighted by atomic mass is 35.5. The van der Waals surface area contributed by atoms with Crippen molar-refractivity contribution in [2.75, 3.05) is 6.61 Å². The molecule has 42 heavy (non-hydrogen) atoms. The molecule has 0 amide bonds. The van der Waals surface area contributed by atoms with Crippen molar-refractivity contribution in [1.29, 1.82) is 0 Å². The molecular weight excluding hydrogens is 540 g/mol. The second-order valence-corrected chi connectivity index (χ2v) is 10.9. The van der Waals surface area contributed by atoms with Crippen LogP contribution in [0.2, 0.25) is 0 Å². The third-order valence-corrected chi connectivity index (χ3v) is 8.03. The van der Waals surface area contributed by atoms with Gasteiger partial charge in [-0.1, -0.05) is 136 Å². The number of ether oxygens (including phenoxy) is 1. The Morgan fingerprint density at radius 2 is 1.19 bits per heavy atom. The normalized spacial score (nSPS) is 11.5. The van der Waals surface area contributed by atoms with Crippen LogP contribution in [0.25, 0.3) is 16.7 Å². The highest BCUT2D eigenvalue weighted by molar-refractivity contribution is 5.74. The number of halogens is 1. The quantitative estimate of drug-likeness (QED) is 0.137. The van der Waals surface area contributed by atoms with Crippen molar-refractivity contribution in [2.45, 2.75) is 70.6 Å². The number of rotatable bonds is 15. The predicted molar refractivity (Wildman–Crippen MR) is 167 cm³/mol. The maximum Gasteiger partial charge on any atom is 0.268 e. The van der Waals surface area contributed by atoms with Crippen LogP contribution < -0.4 is 17.0 Å². The lowest BCUT2D eigenvalue weighted by molar-refractivity contribution is -0.717. The van der Waals surface area contributed by atoms with E-state index in [2.05, 4.69) is 64.6 Å². The van der Waals surface area contributed by atoms with Gasteiger partial charge in [0.05, 0.1) is 13.0 Å². The Balaban J connectivity index is 0.00000405. The van der Waals surface area contributed by atoms with E-state index in [9.17, 15) is 5.11 Å². The Bertz CT molecular complexity index is 1450. The predicted octanol–water partition coefficient (Wildman–Crippen LogP) is 5.13. The number of aliphatic hydroxyl groups is 1. The van der Waals surface area contributed by atoms with Gasteiger partial charge in [-0.05, 0) is 41.8 Å². The van der Waals surface area contributed by atoms with Crippen LogP contribution in [0.4, 0.5) is 0 Å². The zero-order chi connectivity index (χ0) is 28.3. The van der Waals surface area contributed by atoms with Crippen molar-refractivity contribution in [3.8, 4) is 5.69 Å². The number of aromatic nitrogens is 2. The summed E-state index contributed by atoms with van der Waals surface area (Å²) in [6, 6.07) is 38.9. The summed E-state index contributed by atoms with van der Waals surface area (Å²) in [5.74, 6) is 0.993. The van der Waals surface area contributed by atoms with E-state index < -0.39 is 5.60 Å². The van der Waals surface area contributed by atoms with Gasteiger partial charge in [-0.25, -0.2) is 4.57 Å². The van der Waals surface area contributed by atoms with Crippen LogP contribution >= 0.6 is 0 Å². The molecule has 0 atom stereocenters. The molecule has 4 nitrogen and oxygen atoms in total. The first-order valence-corrected chi connectivity index (χ1v) is 15.2. The lowest BCUT2D eigenvalue weighted by Gasteiger charge is -2.28. The van der Waals surface area contributed by atoms with Gasteiger partial charge in [0.1, 0.15) is 11.3 Å². The Kier molecular flexibility index (Phi) is 11.8. The molecule has 0 unspecified atom stereocenters. The molecule has 1 aromatic heterocycles. The SMILES string of the molecule is CCCCCCCCCOC[n+]1c(CC(O)(c2ccccc2)c2ccccc2)n(-c2ccccc2)c2ccccc21.[Cl-]. The molecule has 0 saturated heterocycles. The first kappa shape index (κ1) is 31.5. The maximum absolute atomic E-state index is 12.6. The van der Waals surface area contributed by atoms with Gasteiger partial charge in [-0.15, -0.1) is 0 Å². The topological polar surface area (TPSA) is 38.3 Å². The lowest BCUT2D eigenvalue weighted by atomic mass is 9.83. The van der Waals surface area contributed by atoms with Crippen LogP contribution in [0.15, 0.2) is 115 Å². The smallest absolute Gasteiger partial charge is 0.268 e. The van der Waals surface area contributed by atoms with Crippen LogP contribution in [0.5, 0.6) is 0 Å². The summed E-state index contributed by atoms with van der Waals surface area (Å²) in [6.07, 6.45) is 9.19. The van der Waals surface area contributed by atoms with Crippen molar-refractivity contribution in [3.05, 3.63) is 132 Å². The van der Waals surface area contributed by atoms with E-state index in [0.717, 1.165) is 46.7 Å². The number of para-hydroxylation sites is 3. The van der Waals surface area contributed by atoms with Crippen LogP contribution in [-0.2, 0) is 23.5 Å². The molecule has 5 heteroatoms. The molecule has 0 aliphatic carbocycles. The minimum Gasteiger partial charge on any atom is -1.00 e. The molecule has 0 aliphatic rings. The van der Waals surface area contributed by atoms with Gasteiger partial charge in [0.15, 0.2) is 17.8 Å². The fraction of sp³-hybridized carbons (Fsp3) is 0.324. The molecule has 0 bridgehead atoms. The first-order chi connectivity index (χ1) is 20.2. The lowest BCUT2D eigenvalue weighted by Crippen LogP contribution is -3.00. The third-order valence-electron chi connectivity index (χ3n) is 8.03. The van der Waals surface area contributed by atoms with E-state index in [4.69, 9.17) is 4.74 Å². The van der Waals surface area contributed by atoms with Crippen LogP contribution in [0, 0.1) is 0 Å². The van der Waals surface area contributed by atoms with Gasteiger partial charge in [0.25, 0.3) is 5.82 Å². The number of hydrogen-bond acceptors (Lipinski definition) is 2. The Morgan fingerprint density at radius 1 is 0.667 bits per heavy atom. The second kappa shape index (κ2) is 15.7. The van der Waals surface area contributed by atoms with Crippen LogP contribution in [-0.4, -0.2) is 16.3 Å². The Morgan fingerprint density at radius 3 is 1.81 bits per heavy atom. The third kappa shape index (κ3) is 7.30. The van der Waals surface area contributed by atoms with Crippen LogP contribution in [0.3, 0.4) is 0 Å². The molecule has 4 aromatic carbocycles. The average Bonchev–Trinajstić information content (AvgIpc) is 3.33. The average molecular weight is 583 g/mol. The summed E-state index contributed by atoms with van der Waals surface area (Å²) >= 11 is 0. The molecule has 0 aliphatic heterocycles. The molecule has 0 fully saturated rings. The van der Waals surface area contributed by atoms with E-state index in [-0.39, 0.29) is 12.4 Å². The number of unbranched alkanes of at least 4 members (excludes halogenated alkanes) is 6. The number of nitrogens with zero attached hydrogens (tertiary/aromatic N) is 2. The Labute approximate surface area is 257 Å². The van der Waals surface area contributed by atoms with Gasteiger partial charge < -0.3 is 22.3 Å². The number of fused-ring (bicyclic) bond motifs is 1. The number of imidazole rings is 1. The maximum atomic E-state index is 12.6.